The van der Waals surface area contributed by atoms with Crippen LogP contribution in [0.4, 0.5) is 15.8 Å². The van der Waals surface area contributed by atoms with E-state index in [1.807, 2.05) is 19.1 Å². The van der Waals surface area contributed by atoms with Crippen LogP contribution in [0.25, 0.3) is 0 Å². The lowest BCUT2D eigenvalue weighted by atomic mass is 10.2. The topological polar surface area (TPSA) is 81.7 Å². The summed E-state index contributed by atoms with van der Waals surface area (Å²) in [6.45, 7) is 6.53. The van der Waals surface area contributed by atoms with E-state index in [1.54, 1.807) is 24.3 Å². The lowest BCUT2D eigenvalue weighted by Crippen LogP contribution is -2.48. The highest BCUT2D eigenvalue weighted by Crippen LogP contribution is 2.18. The summed E-state index contributed by atoms with van der Waals surface area (Å²) in [5, 5.41) is 2.90. The number of aryl methyl sites for hydroxylation is 1. The molecule has 7 nitrogen and oxygen atoms in total. The van der Waals surface area contributed by atoms with Crippen molar-refractivity contribution in [3.63, 3.8) is 0 Å². The second kappa shape index (κ2) is 10.9. The van der Waals surface area contributed by atoms with Gasteiger partial charge in [0.25, 0.3) is 15.9 Å². The maximum atomic E-state index is 13.1. The number of hydrogen-bond acceptors (Lipinski definition) is 5. The molecule has 0 atom stereocenters. The van der Waals surface area contributed by atoms with Crippen LogP contribution >= 0.6 is 0 Å². The predicted octanol–water partition coefficient (Wildman–Crippen LogP) is 3.49. The van der Waals surface area contributed by atoms with E-state index in [0.29, 0.717) is 17.8 Å². The largest absolute Gasteiger partial charge is 0.369 e. The van der Waals surface area contributed by atoms with Gasteiger partial charge >= 0.3 is 0 Å². The molecule has 0 spiro atoms. The van der Waals surface area contributed by atoms with Gasteiger partial charge in [0.05, 0.1) is 4.90 Å². The molecule has 4 rings (SSSR count). The van der Waals surface area contributed by atoms with Crippen LogP contribution in [0.3, 0.4) is 0 Å². The molecule has 1 amide bonds. The average molecular weight is 497 g/mol. The van der Waals surface area contributed by atoms with Gasteiger partial charge < -0.3 is 10.2 Å². The van der Waals surface area contributed by atoms with Crippen LogP contribution in [-0.4, -0.2) is 58.5 Å². The SMILES string of the molecule is Cc1ccc(NS(=O)(=O)c2ccc(C(=O)NCCN3CCN(c4ccc(F)cc4)CC3)cc2)cc1. The maximum Gasteiger partial charge on any atom is 0.261 e. The van der Waals surface area contributed by atoms with Crippen LogP contribution in [0, 0.1) is 12.7 Å². The molecule has 3 aromatic rings. The Morgan fingerprint density at radius 1 is 0.886 bits per heavy atom. The van der Waals surface area contributed by atoms with Crippen LogP contribution in [0.5, 0.6) is 0 Å². The summed E-state index contributed by atoms with van der Waals surface area (Å²) < 4.78 is 40.9. The van der Waals surface area contributed by atoms with Crippen molar-refractivity contribution >= 4 is 27.3 Å². The number of hydrogen-bond donors (Lipinski definition) is 2. The van der Waals surface area contributed by atoms with Crippen molar-refractivity contribution in [1.29, 1.82) is 0 Å². The van der Waals surface area contributed by atoms with Gasteiger partial charge in [0.2, 0.25) is 0 Å². The van der Waals surface area contributed by atoms with Gasteiger partial charge in [-0.05, 0) is 67.6 Å². The van der Waals surface area contributed by atoms with E-state index < -0.39 is 10.0 Å². The molecule has 1 fully saturated rings. The molecular weight excluding hydrogens is 467 g/mol. The van der Waals surface area contributed by atoms with E-state index in [4.69, 9.17) is 0 Å². The monoisotopic (exact) mass is 496 g/mol. The number of amides is 1. The second-order valence-electron chi connectivity index (χ2n) is 8.56. The number of carbonyl (C=O) groups is 1. The fourth-order valence-corrected chi connectivity index (χ4v) is 4.99. The molecule has 2 N–H and O–H groups in total. The summed E-state index contributed by atoms with van der Waals surface area (Å²) in [4.78, 5) is 17.1. The highest BCUT2D eigenvalue weighted by Gasteiger charge is 2.18. The molecule has 1 aliphatic rings. The Labute approximate surface area is 205 Å². The van der Waals surface area contributed by atoms with Gasteiger partial charge in [0.1, 0.15) is 5.82 Å². The third kappa shape index (κ3) is 6.58. The van der Waals surface area contributed by atoms with Crippen molar-refractivity contribution in [2.45, 2.75) is 11.8 Å². The third-order valence-corrected chi connectivity index (χ3v) is 7.41. The summed E-state index contributed by atoms with van der Waals surface area (Å²) in [6.07, 6.45) is 0. The molecule has 1 heterocycles. The smallest absolute Gasteiger partial charge is 0.261 e. The summed E-state index contributed by atoms with van der Waals surface area (Å²) in [5.74, 6) is -0.483. The van der Waals surface area contributed by atoms with Gasteiger partial charge in [-0.3, -0.25) is 14.4 Å². The summed E-state index contributed by atoms with van der Waals surface area (Å²) in [7, 11) is -3.74. The first-order valence-corrected chi connectivity index (χ1v) is 13.0. The Morgan fingerprint density at radius 2 is 1.51 bits per heavy atom. The van der Waals surface area contributed by atoms with Gasteiger partial charge in [-0.15, -0.1) is 0 Å². The number of nitrogens with one attached hydrogen (secondary N) is 2. The molecular formula is C26H29FN4O3S. The quantitative estimate of drug-likeness (QED) is 0.499. The molecule has 0 aliphatic carbocycles. The molecule has 184 valence electrons. The molecule has 0 radical (unpaired) electrons. The molecule has 1 saturated heterocycles. The lowest BCUT2D eigenvalue weighted by molar-refractivity contribution is 0.0947. The highest BCUT2D eigenvalue weighted by atomic mass is 32.2. The standard InChI is InChI=1S/C26H29FN4O3S/c1-20-2-8-23(9-3-20)29-35(33,34)25-12-4-21(5-13-25)26(32)28-14-15-30-16-18-31(19-17-30)24-10-6-22(27)7-11-24/h2-13,29H,14-19H2,1H3,(H,28,32). The van der Waals surface area contributed by atoms with E-state index >= 15 is 0 Å². The van der Waals surface area contributed by atoms with Gasteiger partial charge in [-0.1, -0.05) is 17.7 Å². The number of sulfonamides is 1. The first-order chi connectivity index (χ1) is 16.8. The number of rotatable bonds is 8. The predicted molar refractivity (Wildman–Crippen MR) is 136 cm³/mol. The zero-order chi connectivity index (χ0) is 24.8. The van der Waals surface area contributed by atoms with Crippen LogP contribution in [-0.2, 0) is 10.0 Å². The number of carbonyl (C=O) groups excluding carboxylic acids is 1. The molecule has 0 unspecified atom stereocenters. The van der Waals surface area contributed by atoms with E-state index in [1.165, 1.54) is 36.4 Å². The van der Waals surface area contributed by atoms with Crippen LogP contribution in [0.15, 0.2) is 77.7 Å². The zero-order valence-corrected chi connectivity index (χ0v) is 20.4. The summed E-state index contributed by atoms with van der Waals surface area (Å²) in [5.41, 5.74) is 2.94. The van der Waals surface area contributed by atoms with E-state index in [9.17, 15) is 17.6 Å². The molecule has 0 bridgehead atoms. The van der Waals surface area contributed by atoms with Crippen molar-refractivity contribution in [3.05, 3.63) is 89.7 Å². The molecule has 0 saturated carbocycles. The maximum absolute atomic E-state index is 13.1. The minimum absolute atomic E-state index is 0.0913. The van der Waals surface area contributed by atoms with E-state index in [2.05, 4.69) is 19.8 Å². The molecule has 9 heteroatoms. The number of benzene rings is 3. The van der Waals surface area contributed by atoms with E-state index in [-0.39, 0.29) is 16.6 Å². The Morgan fingerprint density at radius 3 is 2.14 bits per heavy atom. The van der Waals surface area contributed by atoms with Gasteiger partial charge in [-0.25, -0.2) is 12.8 Å². The first kappa shape index (κ1) is 24.7. The lowest BCUT2D eigenvalue weighted by Gasteiger charge is -2.36. The van der Waals surface area contributed by atoms with E-state index in [0.717, 1.165) is 44.0 Å². The molecule has 35 heavy (non-hydrogen) atoms. The van der Waals surface area contributed by atoms with Crippen molar-refractivity contribution in [3.8, 4) is 0 Å². The minimum Gasteiger partial charge on any atom is -0.369 e. The van der Waals surface area contributed by atoms with Crippen LogP contribution < -0.4 is 14.9 Å². The van der Waals surface area contributed by atoms with Crippen molar-refractivity contribution in [2.75, 3.05) is 48.9 Å². The second-order valence-corrected chi connectivity index (χ2v) is 10.2. The number of halogens is 1. The average Bonchev–Trinajstić information content (AvgIpc) is 2.86. The fraction of sp³-hybridized carbons (Fsp3) is 0.269. The normalized spacial score (nSPS) is 14.5. The minimum atomic E-state index is -3.74. The summed E-state index contributed by atoms with van der Waals surface area (Å²) in [6, 6.07) is 19.5. The van der Waals surface area contributed by atoms with Crippen molar-refractivity contribution in [1.82, 2.24) is 10.2 Å². The number of anilines is 2. The Bertz CT molecular complexity index is 1240. The van der Waals surface area contributed by atoms with Crippen molar-refractivity contribution < 1.29 is 17.6 Å². The summed E-state index contributed by atoms with van der Waals surface area (Å²) >= 11 is 0. The fourth-order valence-electron chi connectivity index (χ4n) is 3.93. The Balaban J connectivity index is 1.23. The number of nitrogens with zero attached hydrogens (tertiary/aromatic N) is 2. The van der Waals surface area contributed by atoms with Gasteiger partial charge in [0, 0.05) is 56.2 Å². The third-order valence-electron chi connectivity index (χ3n) is 6.01. The first-order valence-electron chi connectivity index (χ1n) is 11.5. The van der Waals surface area contributed by atoms with Gasteiger partial charge in [0.15, 0.2) is 0 Å². The molecule has 3 aromatic carbocycles. The van der Waals surface area contributed by atoms with Crippen LogP contribution in [0.1, 0.15) is 15.9 Å². The zero-order valence-electron chi connectivity index (χ0n) is 19.6. The molecule has 1 aliphatic heterocycles. The number of piperazine rings is 1. The van der Waals surface area contributed by atoms with Crippen LogP contribution in [0.2, 0.25) is 0 Å². The highest BCUT2D eigenvalue weighted by molar-refractivity contribution is 7.92. The van der Waals surface area contributed by atoms with Crippen molar-refractivity contribution in [2.24, 2.45) is 0 Å². The Hall–Kier alpha value is -3.43. The molecule has 0 aromatic heterocycles. The van der Waals surface area contributed by atoms with Gasteiger partial charge in [-0.2, -0.15) is 0 Å². The Kier molecular flexibility index (Phi) is 7.67.